The minimum atomic E-state index is -0.599. The normalized spacial score (nSPS) is 10.4. The van der Waals surface area contributed by atoms with E-state index in [1.165, 1.54) is 12.1 Å². The Morgan fingerprint density at radius 3 is 2.86 bits per heavy atom. The predicted octanol–water partition coefficient (Wildman–Crippen LogP) is 3.67. The van der Waals surface area contributed by atoms with Crippen LogP contribution in [0, 0.1) is 15.9 Å². The highest BCUT2D eigenvalue weighted by molar-refractivity contribution is 6.33. The molecule has 1 N–H and O–H groups in total. The topological polar surface area (TPSA) is 81.0 Å². The van der Waals surface area contributed by atoms with Gasteiger partial charge < -0.3 is 5.32 Å². The fraction of sp³-hybridized carbons (Fsp3) is 0.231. The summed E-state index contributed by atoms with van der Waals surface area (Å²) in [5.74, 6) is -0.261. The van der Waals surface area contributed by atoms with E-state index in [1.54, 1.807) is 0 Å². The molecule has 0 fully saturated rings. The number of anilines is 1. The molecule has 1 aromatic heterocycles. The van der Waals surface area contributed by atoms with Crippen LogP contribution in [0.25, 0.3) is 11.3 Å². The molecule has 21 heavy (non-hydrogen) atoms. The molecule has 1 heterocycles. The van der Waals surface area contributed by atoms with Crippen molar-refractivity contribution in [2.75, 3.05) is 11.9 Å². The fourth-order valence-corrected chi connectivity index (χ4v) is 1.97. The predicted molar refractivity (Wildman–Crippen MR) is 77.9 cm³/mol. The Balaban J connectivity index is 2.54. The average Bonchev–Trinajstić information content (AvgIpc) is 2.44. The van der Waals surface area contributed by atoms with E-state index >= 15 is 0 Å². The van der Waals surface area contributed by atoms with Gasteiger partial charge in [0.05, 0.1) is 9.95 Å². The molecule has 8 heteroatoms. The molecule has 0 aliphatic carbocycles. The third kappa shape index (κ3) is 3.43. The van der Waals surface area contributed by atoms with Crippen molar-refractivity contribution < 1.29 is 9.31 Å². The molecule has 0 bridgehead atoms. The molecule has 0 spiro atoms. The van der Waals surface area contributed by atoms with E-state index in [0.717, 1.165) is 18.7 Å². The number of rotatable bonds is 5. The van der Waals surface area contributed by atoms with Crippen LogP contribution in [0.4, 0.5) is 16.0 Å². The van der Waals surface area contributed by atoms with Gasteiger partial charge in [0.25, 0.3) is 0 Å². The van der Waals surface area contributed by atoms with Gasteiger partial charge in [0.15, 0.2) is 5.69 Å². The van der Waals surface area contributed by atoms with Crippen molar-refractivity contribution in [3.05, 3.63) is 45.4 Å². The van der Waals surface area contributed by atoms with Gasteiger partial charge in [0.1, 0.15) is 12.0 Å². The lowest BCUT2D eigenvalue weighted by molar-refractivity contribution is -0.384. The highest BCUT2D eigenvalue weighted by Crippen LogP contribution is 2.33. The maximum absolute atomic E-state index is 13.1. The first-order valence-corrected chi connectivity index (χ1v) is 6.61. The summed E-state index contributed by atoms with van der Waals surface area (Å²) in [6.45, 7) is 2.60. The van der Waals surface area contributed by atoms with E-state index < -0.39 is 10.7 Å². The summed E-state index contributed by atoms with van der Waals surface area (Å²) in [7, 11) is 0. The Morgan fingerprint density at radius 2 is 2.24 bits per heavy atom. The van der Waals surface area contributed by atoms with E-state index in [-0.39, 0.29) is 27.9 Å². The summed E-state index contributed by atoms with van der Waals surface area (Å²) in [4.78, 5) is 18.5. The Morgan fingerprint density at radius 1 is 1.48 bits per heavy atom. The molecule has 0 radical (unpaired) electrons. The quantitative estimate of drug-likeness (QED) is 0.673. The van der Waals surface area contributed by atoms with Crippen LogP contribution in [-0.2, 0) is 0 Å². The Bertz CT molecular complexity index is 681. The van der Waals surface area contributed by atoms with E-state index in [1.807, 2.05) is 6.92 Å². The van der Waals surface area contributed by atoms with E-state index in [9.17, 15) is 14.5 Å². The Labute approximate surface area is 125 Å². The van der Waals surface area contributed by atoms with Crippen molar-refractivity contribution in [2.45, 2.75) is 13.3 Å². The van der Waals surface area contributed by atoms with Crippen LogP contribution in [0.15, 0.2) is 24.4 Å². The molecule has 0 aliphatic rings. The number of halogens is 2. The van der Waals surface area contributed by atoms with E-state index in [4.69, 9.17) is 11.6 Å². The summed E-state index contributed by atoms with van der Waals surface area (Å²) in [5.41, 5.74) is 0.0517. The lowest BCUT2D eigenvalue weighted by atomic mass is 10.1. The van der Waals surface area contributed by atoms with Crippen LogP contribution >= 0.6 is 11.6 Å². The maximum atomic E-state index is 13.1. The van der Waals surface area contributed by atoms with Crippen LogP contribution in [0.1, 0.15) is 13.3 Å². The summed E-state index contributed by atoms with van der Waals surface area (Å²) in [6.07, 6.45) is 1.97. The maximum Gasteiger partial charge on any atom is 0.313 e. The second-order valence-corrected chi connectivity index (χ2v) is 4.64. The molecule has 110 valence electrons. The molecule has 0 atom stereocenters. The largest absolute Gasteiger partial charge is 0.354 e. The molecule has 2 rings (SSSR count). The molecule has 0 unspecified atom stereocenters. The van der Waals surface area contributed by atoms with Gasteiger partial charge in [-0.2, -0.15) is 0 Å². The first-order valence-electron chi connectivity index (χ1n) is 6.23. The molecular formula is C13H12ClFN4O2. The number of aromatic nitrogens is 2. The lowest BCUT2D eigenvalue weighted by Gasteiger charge is -2.08. The molecule has 2 aromatic rings. The van der Waals surface area contributed by atoms with E-state index in [0.29, 0.717) is 6.54 Å². The van der Waals surface area contributed by atoms with Gasteiger partial charge in [0, 0.05) is 12.1 Å². The van der Waals surface area contributed by atoms with Crippen molar-refractivity contribution >= 4 is 23.2 Å². The number of nitrogens with one attached hydrogen (secondary N) is 1. The second-order valence-electron chi connectivity index (χ2n) is 4.24. The minimum absolute atomic E-state index is 0.0539. The molecule has 0 saturated heterocycles. The van der Waals surface area contributed by atoms with Crippen LogP contribution < -0.4 is 5.32 Å². The van der Waals surface area contributed by atoms with Gasteiger partial charge in [-0.15, -0.1) is 0 Å². The van der Waals surface area contributed by atoms with Crippen molar-refractivity contribution in [2.24, 2.45) is 0 Å². The molecule has 1 aromatic carbocycles. The highest BCUT2D eigenvalue weighted by atomic mass is 35.5. The first kappa shape index (κ1) is 15.1. The van der Waals surface area contributed by atoms with Crippen LogP contribution in [-0.4, -0.2) is 21.4 Å². The molecule has 0 saturated carbocycles. The second kappa shape index (κ2) is 6.45. The number of nitro groups is 1. The van der Waals surface area contributed by atoms with Crippen molar-refractivity contribution in [3.63, 3.8) is 0 Å². The van der Waals surface area contributed by atoms with Gasteiger partial charge >= 0.3 is 5.69 Å². The van der Waals surface area contributed by atoms with E-state index in [2.05, 4.69) is 15.3 Å². The summed E-state index contributed by atoms with van der Waals surface area (Å²) < 4.78 is 13.1. The van der Waals surface area contributed by atoms with Gasteiger partial charge in [-0.1, -0.05) is 18.5 Å². The standard InChI is InChI=1S/C13H12ClFN4O2/c1-2-5-16-13-17-7-11(19(20)21)12(18-13)9-4-3-8(15)6-10(9)14/h3-4,6-7H,2,5H2,1H3,(H,16,17,18). The molecule has 0 amide bonds. The zero-order chi connectivity index (χ0) is 15.4. The minimum Gasteiger partial charge on any atom is -0.354 e. The Kier molecular flexibility index (Phi) is 4.64. The van der Waals surface area contributed by atoms with Crippen molar-refractivity contribution in [1.29, 1.82) is 0 Å². The van der Waals surface area contributed by atoms with Gasteiger partial charge in [-0.25, -0.2) is 14.4 Å². The van der Waals surface area contributed by atoms with Crippen molar-refractivity contribution in [3.8, 4) is 11.3 Å². The SMILES string of the molecule is CCCNc1ncc([N+](=O)[O-])c(-c2ccc(F)cc2Cl)n1. The molecular weight excluding hydrogens is 299 g/mol. The number of nitrogens with zero attached hydrogens (tertiary/aromatic N) is 3. The zero-order valence-corrected chi connectivity index (χ0v) is 11.9. The Hall–Kier alpha value is -2.28. The van der Waals surface area contributed by atoms with Gasteiger partial charge in [-0.05, 0) is 24.6 Å². The van der Waals surface area contributed by atoms with Crippen LogP contribution in [0.5, 0.6) is 0 Å². The highest BCUT2D eigenvalue weighted by Gasteiger charge is 2.21. The fourth-order valence-electron chi connectivity index (χ4n) is 1.71. The zero-order valence-electron chi connectivity index (χ0n) is 11.1. The molecule has 0 aliphatic heterocycles. The summed E-state index contributed by atoms with van der Waals surface area (Å²) in [6, 6.07) is 3.62. The average molecular weight is 311 g/mol. The van der Waals surface area contributed by atoms with Gasteiger partial charge in [-0.3, -0.25) is 10.1 Å². The van der Waals surface area contributed by atoms with Crippen molar-refractivity contribution in [1.82, 2.24) is 9.97 Å². The smallest absolute Gasteiger partial charge is 0.313 e. The molecule has 6 nitrogen and oxygen atoms in total. The summed E-state index contributed by atoms with van der Waals surface area (Å²) in [5, 5.41) is 14.1. The monoisotopic (exact) mass is 310 g/mol. The number of hydrogen-bond acceptors (Lipinski definition) is 5. The van der Waals surface area contributed by atoms with Crippen LogP contribution in [0.2, 0.25) is 5.02 Å². The third-order valence-corrected chi connectivity index (χ3v) is 3.00. The number of hydrogen-bond donors (Lipinski definition) is 1. The lowest BCUT2D eigenvalue weighted by Crippen LogP contribution is -2.06. The summed E-state index contributed by atoms with van der Waals surface area (Å²) >= 11 is 5.95. The van der Waals surface area contributed by atoms with Gasteiger partial charge in [0.2, 0.25) is 5.95 Å². The van der Waals surface area contributed by atoms with Crippen LogP contribution in [0.3, 0.4) is 0 Å². The number of benzene rings is 1. The first-order chi connectivity index (χ1) is 10.0. The third-order valence-electron chi connectivity index (χ3n) is 2.69.